The first-order valence-corrected chi connectivity index (χ1v) is 30.5. The number of fused-ring (bicyclic) bond motifs is 5. The lowest BCUT2D eigenvalue weighted by molar-refractivity contribution is -0.377. The van der Waals surface area contributed by atoms with Gasteiger partial charge in [-0.2, -0.15) is 0 Å². The van der Waals surface area contributed by atoms with E-state index in [1.54, 1.807) is 6.92 Å². The van der Waals surface area contributed by atoms with Crippen LogP contribution in [0.2, 0.25) is 0 Å². The van der Waals surface area contributed by atoms with Gasteiger partial charge < -0.3 is 139 Å². The molecule has 5 saturated heterocycles. The van der Waals surface area contributed by atoms with Crippen LogP contribution in [0.1, 0.15) is 92.4 Å². The van der Waals surface area contributed by atoms with Crippen molar-refractivity contribution in [1.82, 2.24) is 0 Å². The van der Waals surface area contributed by atoms with Crippen LogP contribution in [0.25, 0.3) is 0 Å². The van der Waals surface area contributed by atoms with Gasteiger partial charge in [0.2, 0.25) is 0 Å². The minimum atomic E-state index is -1.97. The van der Waals surface area contributed by atoms with Gasteiger partial charge in [0.15, 0.2) is 31.5 Å². The molecule has 0 aromatic carbocycles. The molecule has 5 aliphatic heterocycles. The van der Waals surface area contributed by atoms with Gasteiger partial charge >= 0.3 is 0 Å². The third-order valence-electron chi connectivity index (χ3n) is 21.5. The minimum absolute atomic E-state index is 0.0712. The number of ether oxygens (including phenoxy) is 10. The molecular formula is C58H96O28. The molecule has 86 heavy (non-hydrogen) atoms. The fourth-order valence-electron chi connectivity index (χ4n) is 15.8. The molecule has 18 N–H and O–H groups in total. The van der Waals surface area contributed by atoms with Gasteiger partial charge in [0.25, 0.3) is 0 Å². The van der Waals surface area contributed by atoms with Crippen LogP contribution in [-0.2, 0) is 47.4 Å². The van der Waals surface area contributed by atoms with E-state index in [0.29, 0.717) is 36.2 Å². The summed E-state index contributed by atoms with van der Waals surface area (Å²) in [6.45, 7) is 6.90. The van der Waals surface area contributed by atoms with Crippen molar-refractivity contribution in [1.29, 1.82) is 0 Å². The third kappa shape index (κ3) is 13.3. The Labute approximate surface area is 499 Å². The van der Waals surface area contributed by atoms with Crippen molar-refractivity contribution in [2.24, 2.45) is 40.4 Å². The SMILES string of the molecule is CC(CO)=C(C)CC(OC1OC(CO)C(O)C(O)C1OC1OC(COC2OC(CO)C(O)C(O)C2O)C(O)C(O)C1O)C(C)C1CCC2C3CC=C4CC(OC5OC(COC6OC(CO)C(O)C(O)C6O)C(O)C(O)C5O)CCC4(C)C3CCC12C. The highest BCUT2D eigenvalue weighted by atomic mass is 16.8. The predicted octanol–water partition coefficient (Wildman–Crippen LogP) is -5.24. The standard InChI is InChI=1S/C58H96O28/c1-22(23(2)16-59)14-31(80-56-51(46(72)39(65)34(19-62)83-56)86-55-50(76)45(71)41(67)36(85-55)21-78-53-48(74)43(69)38(64)33(18-61)82-53)24(3)28-8-9-29-27-7-6-25-15-26(10-12-57(25,4)30(27)11-13-58(28,29)5)79-54-49(75)44(70)40(66)35(84-54)20-77-52-47(73)42(68)37(63)32(17-60)81-52/h6,24,26-56,59-76H,7-21H2,1-5H3. The molecule has 34 unspecified atom stereocenters. The van der Waals surface area contributed by atoms with Crippen LogP contribution >= 0.6 is 0 Å². The Balaban J connectivity index is 0.875. The lowest BCUT2D eigenvalue weighted by Crippen LogP contribution is -2.65. The van der Waals surface area contributed by atoms with Gasteiger partial charge in [-0.25, -0.2) is 0 Å². The van der Waals surface area contributed by atoms with Gasteiger partial charge in [-0.15, -0.1) is 0 Å². The van der Waals surface area contributed by atoms with E-state index in [9.17, 15) is 91.9 Å². The Morgan fingerprint density at radius 3 is 1.49 bits per heavy atom. The quantitative estimate of drug-likeness (QED) is 0.0507. The van der Waals surface area contributed by atoms with Crippen molar-refractivity contribution in [2.75, 3.05) is 39.6 Å². The number of hydrogen-bond acceptors (Lipinski definition) is 28. The summed E-state index contributed by atoms with van der Waals surface area (Å²) < 4.78 is 59.7. The molecule has 5 heterocycles. The average Bonchev–Trinajstić information content (AvgIpc) is 2.88. The van der Waals surface area contributed by atoms with Crippen LogP contribution in [0.5, 0.6) is 0 Å². The highest BCUT2D eigenvalue weighted by molar-refractivity contribution is 5.26. The van der Waals surface area contributed by atoms with Gasteiger partial charge in [0.05, 0.1) is 51.8 Å². The van der Waals surface area contributed by atoms with Crippen molar-refractivity contribution in [2.45, 2.75) is 258 Å². The average molecular weight is 1240 g/mol. The normalized spacial score (nSPS) is 50.9. The first-order valence-electron chi connectivity index (χ1n) is 30.5. The molecule has 0 bridgehead atoms. The fourth-order valence-corrected chi connectivity index (χ4v) is 15.8. The lowest BCUT2D eigenvalue weighted by atomic mass is 9.47. The number of rotatable bonds is 20. The Morgan fingerprint density at radius 2 is 0.977 bits per heavy atom. The molecule has 9 rings (SSSR count). The third-order valence-corrected chi connectivity index (χ3v) is 21.5. The van der Waals surface area contributed by atoms with Crippen LogP contribution in [0.15, 0.2) is 22.8 Å². The zero-order valence-corrected chi connectivity index (χ0v) is 49.3. The number of hydrogen-bond donors (Lipinski definition) is 18. The van der Waals surface area contributed by atoms with Gasteiger partial charge in [-0.3, -0.25) is 0 Å². The van der Waals surface area contributed by atoms with Gasteiger partial charge in [0.1, 0.15) is 122 Å². The summed E-state index contributed by atoms with van der Waals surface area (Å²) in [5.41, 5.74) is 2.38. The van der Waals surface area contributed by atoms with Crippen LogP contribution in [0, 0.1) is 40.4 Å². The minimum Gasteiger partial charge on any atom is -0.394 e. The molecule has 28 nitrogen and oxygen atoms in total. The van der Waals surface area contributed by atoms with E-state index in [-0.39, 0.29) is 35.7 Å². The molecule has 34 atom stereocenters. The fraction of sp³-hybridized carbons (Fsp3) is 0.931. The van der Waals surface area contributed by atoms with Crippen LogP contribution in [0.4, 0.5) is 0 Å². The molecule has 0 amide bonds. The summed E-state index contributed by atoms with van der Waals surface area (Å²) in [5.74, 6) is 0.793. The van der Waals surface area contributed by atoms with E-state index >= 15 is 0 Å². The van der Waals surface area contributed by atoms with Gasteiger partial charge in [0, 0.05) is 0 Å². The van der Waals surface area contributed by atoms with Crippen molar-refractivity contribution < 1.29 is 139 Å². The molecule has 4 aliphatic carbocycles. The Bertz CT molecular complexity index is 2260. The Kier molecular flexibility index (Phi) is 22.6. The molecule has 3 saturated carbocycles. The molecule has 0 spiro atoms. The number of aliphatic hydroxyl groups excluding tert-OH is 18. The molecule has 28 heteroatoms. The van der Waals surface area contributed by atoms with Crippen molar-refractivity contribution >= 4 is 0 Å². The zero-order chi connectivity index (χ0) is 62.6. The predicted molar refractivity (Wildman–Crippen MR) is 290 cm³/mol. The second kappa shape index (κ2) is 28.3. The second-order valence-electron chi connectivity index (χ2n) is 26.3. The van der Waals surface area contributed by atoms with Crippen molar-refractivity contribution in [3.05, 3.63) is 22.8 Å². The molecule has 0 radical (unpaired) electrons. The summed E-state index contributed by atoms with van der Waals surface area (Å²) in [5, 5.41) is 191. The maximum atomic E-state index is 11.8. The summed E-state index contributed by atoms with van der Waals surface area (Å²) in [7, 11) is 0. The highest BCUT2D eigenvalue weighted by Crippen LogP contribution is 2.68. The Hall–Kier alpha value is -1.64. The maximum Gasteiger partial charge on any atom is 0.187 e. The van der Waals surface area contributed by atoms with Crippen molar-refractivity contribution in [3.63, 3.8) is 0 Å². The summed E-state index contributed by atoms with van der Waals surface area (Å²) >= 11 is 0. The highest BCUT2D eigenvalue weighted by Gasteiger charge is 2.61. The summed E-state index contributed by atoms with van der Waals surface area (Å²) in [6.07, 6.45) is -33.2. The first kappa shape index (κ1) is 68.7. The molecule has 496 valence electrons. The van der Waals surface area contributed by atoms with Crippen molar-refractivity contribution in [3.8, 4) is 0 Å². The van der Waals surface area contributed by atoms with Gasteiger partial charge in [-0.05, 0) is 118 Å². The van der Waals surface area contributed by atoms with Crippen LogP contribution in [-0.4, -0.2) is 297 Å². The van der Waals surface area contributed by atoms with Crippen LogP contribution < -0.4 is 0 Å². The number of aliphatic hydroxyl groups is 18. The second-order valence-corrected chi connectivity index (χ2v) is 26.3. The maximum absolute atomic E-state index is 11.8. The monoisotopic (exact) mass is 1240 g/mol. The van der Waals surface area contributed by atoms with Crippen LogP contribution in [0.3, 0.4) is 0 Å². The smallest absolute Gasteiger partial charge is 0.187 e. The van der Waals surface area contributed by atoms with E-state index < -0.39 is 199 Å². The Morgan fingerprint density at radius 1 is 0.512 bits per heavy atom. The van der Waals surface area contributed by atoms with E-state index in [1.807, 2.05) is 6.92 Å². The van der Waals surface area contributed by atoms with E-state index in [2.05, 4.69) is 26.8 Å². The summed E-state index contributed by atoms with van der Waals surface area (Å²) in [4.78, 5) is 0. The molecule has 0 aromatic rings. The zero-order valence-electron chi connectivity index (χ0n) is 49.3. The number of allylic oxidation sites excluding steroid dienone is 1. The largest absolute Gasteiger partial charge is 0.394 e. The lowest BCUT2D eigenvalue weighted by Gasteiger charge is -2.59. The first-order chi connectivity index (χ1) is 40.7. The molecule has 0 aromatic heterocycles. The molecule has 9 aliphatic rings. The van der Waals surface area contributed by atoms with E-state index in [4.69, 9.17) is 47.4 Å². The van der Waals surface area contributed by atoms with E-state index in [0.717, 1.165) is 44.1 Å². The summed E-state index contributed by atoms with van der Waals surface area (Å²) in [6, 6.07) is 0. The van der Waals surface area contributed by atoms with Gasteiger partial charge in [-0.1, -0.05) is 38.0 Å². The molecule has 8 fully saturated rings. The topological polar surface area (TPSA) is 456 Å². The van der Waals surface area contributed by atoms with E-state index in [1.165, 1.54) is 5.57 Å². The molecular weight excluding hydrogens is 1140 g/mol.